The Morgan fingerprint density at radius 3 is 2.58 bits per heavy atom. The largest absolute Gasteiger partial charge is 0.325 e. The van der Waals surface area contributed by atoms with Crippen LogP contribution in [0.5, 0.6) is 0 Å². The molecule has 1 amide bonds. The number of thioether (sulfide) groups is 2. The first-order valence-corrected chi connectivity index (χ1v) is 11.5. The van der Waals surface area contributed by atoms with E-state index in [0.29, 0.717) is 12.2 Å². The van der Waals surface area contributed by atoms with E-state index in [4.69, 9.17) is 0 Å². The van der Waals surface area contributed by atoms with Gasteiger partial charge in [-0.1, -0.05) is 0 Å². The van der Waals surface area contributed by atoms with Crippen molar-refractivity contribution in [2.45, 2.75) is 29.4 Å². The monoisotopic (exact) mass is 395 g/mol. The lowest BCUT2D eigenvalue weighted by Gasteiger charge is -2.41. The summed E-state index contributed by atoms with van der Waals surface area (Å²) in [4.78, 5) is 17.1. The van der Waals surface area contributed by atoms with Gasteiger partial charge in [0, 0.05) is 59.9 Å². The standard InChI is InChI=1S/C19H26FN3OS2/c20-14-1-3-15(4-2-14)21-18(24)13-22-7-9-23(10-8-22)16-5-6-17-19(16)26-12-11-25-17/h1-4,16-17,19H,5-13H2,(H,21,24)/t16-,17+,19-/m1/s1. The van der Waals surface area contributed by atoms with Crippen LogP contribution in [0.2, 0.25) is 0 Å². The molecule has 1 saturated carbocycles. The Morgan fingerprint density at radius 2 is 1.81 bits per heavy atom. The van der Waals surface area contributed by atoms with Crippen LogP contribution < -0.4 is 5.32 Å². The predicted molar refractivity (Wildman–Crippen MR) is 109 cm³/mol. The SMILES string of the molecule is O=C(CN1CCN([C@@H]2CC[C@@H]3SCCS[C@@H]32)CC1)Nc1ccc(F)cc1. The van der Waals surface area contributed by atoms with E-state index in [9.17, 15) is 9.18 Å². The Bertz CT molecular complexity index is 622. The van der Waals surface area contributed by atoms with Gasteiger partial charge >= 0.3 is 0 Å². The van der Waals surface area contributed by atoms with Gasteiger partial charge in [0.2, 0.25) is 5.91 Å². The third-order valence-electron chi connectivity index (χ3n) is 5.59. The van der Waals surface area contributed by atoms with Gasteiger partial charge in [-0.3, -0.25) is 14.6 Å². The zero-order chi connectivity index (χ0) is 17.9. The summed E-state index contributed by atoms with van der Waals surface area (Å²) in [6, 6.07) is 6.66. The number of amides is 1. The van der Waals surface area contributed by atoms with Crippen LogP contribution in [-0.4, -0.2) is 76.5 Å². The first kappa shape index (κ1) is 18.6. The fourth-order valence-electron chi connectivity index (χ4n) is 4.27. The fourth-order valence-corrected chi connectivity index (χ4v) is 7.64. The van der Waals surface area contributed by atoms with Gasteiger partial charge in [0.1, 0.15) is 5.82 Å². The molecule has 1 aromatic carbocycles. The summed E-state index contributed by atoms with van der Waals surface area (Å²) >= 11 is 4.36. The van der Waals surface area contributed by atoms with Crippen molar-refractivity contribution in [2.75, 3.05) is 49.5 Å². The van der Waals surface area contributed by atoms with Crippen LogP contribution in [0.3, 0.4) is 0 Å². The molecule has 2 aliphatic heterocycles. The van der Waals surface area contributed by atoms with Gasteiger partial charge in [0.25, 0.3) is 0 Å². The summed E-state index contributed by atoms with van der Waals surface area (Å²) in [5.41, 5.74) is 0.652. The molecule has 142 valence electrons. The van der Waals surface area contributed by atoms with Gasteiger partial charge in [0.15, 0.2) is 0 Å². The molecule has 3 fully saturated rings. The minimum atomic E-state index is -0.289. The summed E-state index contributed by atoms with van der Waals surface area (Å²) in [5, 5.41) is 4.52. The first-order valence-electron chi connectivity index (χ1n) is 9.44. The van der Waals surface area contributed by atoms with E-state index in [0.717, 1.165) is 42.7 Å². The normalized spacial score (nSPS) is 30.1. The molecule has 4 nitrogen and oxygen atoms in total. The summed E-state index contributed by atoms with van der Waals surface area (Å²) in [7, 11) is 0. The number of nitrogens with one attached hydrogen (secondary N) is 1. The highest BCUT2D eigenvalue weighted by Crippen LogP contribution is 2.44. The Morgan fingerprint density at radius 1 is 1.08 bits per heavy atom. The number of hydrogen-bond donors (Lipinski definition) is 1. The average molecular weight is 396 g/mol. The second-order valence-electron chi connectivity index (χ2n) is 7.26. The van der Waals surface area contributed by atoms with Crippen LogP contribution in [0.25, 0.3) is 0 Å². The quantitative estimate of drug-likeness (QED) is 0.848. The Balaban J connectivity index is 1.23. The number of nitrogens with zero attached hydrogens (tertiary/aromatic N) is 2. The molecule has 7 heteroatoms. The number of anilines is 1. The van der Waals surface area contributed by atoms with E-state index < -0.39 is 0 Å². The lowest BCUT2D eigenvalue weighted by molar-refractivity contribution is -0.117. The molecule has 0 bridgehead atoms. The van der Waals surface area contributed by atoms with Crippen molar-refractivity contribution >= 4 is 35.1 Å². The highest BCUT2D eigenvalue weighted by molar-refractivity contribution is 8.07. The summed E-state index contributed by atoms with van der Waals surface area (Å²) in [6.45, 7) is 4.42. The maximum Gasteiger partial charge on any atom is 0.238 e. The molecule has 4 rings (SSSR count). The fraction of sp³-hybridized carbons (Fsp3) is 0.632. The van der Waals surface area contributed by atoms with Gasteiger partial charge in [0.05, 0.1) is 6.54 Å². The molecule has 0 spiro atoms. The summed E-state index contributed by atoms with van der Waals surface area (Å²) in [5.74, 6) is 2.30. The molecule has 3 aliphatic rings. The van der Waals surface area contributed by atoms with Crippen molar-refractivity contribution in [1.29, 1.82) is 0 Å². The number of halogens is 1. The van der Waals surface area contributed by atoms with Crippen LogP contribution in [0.1, 0.15) is 12.8 Å². The number of hydrogen-bond acceptors (Lipinski definition) is 5. The molecule has 26 heavy (non-hydrogen) atoms. The highest BCUT2D eigenvalue weighted by atomic mass is 32.2. The number of piperazine rings is 1. The number of carbonyl (C=O) groups excluding carboxylic acids is 1. The summed E-state index contributed by atoms with van der Waals surface area (Å²) < 4.78 is 12.9. The van der Waals surface area contributed by atoms with Gasteiger partial charge in [-0.15, -0.1) is 0 Å². The molecule has 0 unspecified atom stereocenters. The van der Waals surface area contributed by atoms with Crippen molar-refractivity contribution in [3.8, 4) is 0 Å². The number of carbonyl (C=O) groups is 1. The van der Waals surface area contributed by atoms with E-state index in [1.54, 1.807) is 12.1 Å². The van der Waals surface area contributed by atoms with Crippen LogP contribution in [-0.2, 0) is 4.79 Å². The number of rotatable bonds is 4. The Hall–Kier alpha value is -0.760. The van der Waals surface area contributed by atoms with Gasteiger partial charge in [-0.25, -0.2) is 4.39 Å². The third-order valence-corrected chi connectivity index (χ3v) is 8.88. The maximum absolute atomic E-state index is 12.9. The van der Waals surface area contributed by atoms with Crippen LogP contribution in [0, 0.1) is 5.82 Å². The molecule has 3 atom stereocenters. The van der Waals surface area contributed by atoms with Crippen LogP contribution >= 0.6 is 23.5 Å². The zero-order valence-electron chi connectivity index (χ0n) is 14.9. The maximum atomic E-state index is 12.9. The second-order valence-corrected chi connectivity index (χ2v) is 9.89. The Kier molecular flexibility index (Phi) is 6.08. The van der Waals surface area contributed by atoms with Gasteiger partial charge in [-0.2, -0.15) is 23.5 Å². The van der Waals surface area contributed by atoms with Crippen molar-refractivity contribution in [3.05, 3.63) is 30.1 Å². The first-order chi connectivity index (χ1) is 12.7. The zero-order valence-corrected chi connectivity index (χ0v) is 16.5. The van der Waals surface area contributed by atoms with Crippen LogP contribution in [0.15, 0.2) is 24.3 Å². The van der Waals surface area contributed by atoms with Crippen molar-refractivity contribution in [2.24, 2.45) is 0 Å². The highest BCUT2D eigenvalue weighted by Gasteiger charge is 2.42. The van der Waals surface area contributed by atoms with Gasteiger partial charge in [-0.05, 0) is 37.1 Å². The molecule has 1 aromatic rings. The number of benzene rings is 1. The van der Waals surface area contributed by atoms with Crippen LogP contribution in [0.4, 0.5) is 10.1 Å². The van der Waals surface area contributed by atoms with E-state index in [2.05, 4.69) is 38.6 Å². The van der Waals surface area contributed by atoms with Gasteiger partial charge < -0.3 is 5.32 Å². The van der Waals surface area contributed by atoms with E-state index in [1.807, 2.05) is 0 Å². The Labute approximate surface area is 163 Å². The molecule has 1 N–H and O–H groups in total. The van der Waals surface area contributed by atoms with E-state index in [1.165, 1.54) is 36.5 Å². The smallest absolute Gasteiger partial charge is 0.238 e. The molecule has 0 radical (unpaired) electrons. The molecular weight excluding hydrogens is 369 g/mol. The lowest BCUT2D eigenvalue weighted by Crippen LogP contribution is -2.54. The average Bonchev–Trinajstić information content (AvgIpc) is 3.08. The second kappa shape index (κ2) is 8.50. The molecule has 0 aromatic heterocycles. The minimum Gasteiger partial charge on any atom is -0.325 e. The molecular formula is C19H26FN3OS2. The molecule has 2 heterocycles. The summed E-state index contributed by atoms with van der Waals surface area (Å²) in [6.07, 6.45) is 2.70. The number of fused-ring (bicyclic) bond motifs is 1. The molecule has 1 aliphatic carbocycles. The third kappa shape index (κ3) is 4.38. The molecule has 2 saturated heterocycles. The van der Waals surface area contributed by atoms with E-state index >= 15 is 0 Å². The van der Waals surface area contributed by atoms with Crippen molar-refractivity contribution < 1.29 is 9.18 Å². The van der Waals surface area contributed by atoms with Crippen molar-refractivity contribution in [1.82, 2.24) is 9.80 Å². The predicted octanol–water partition coefficient (Wildman–Crippen LogP) is 2.76. The van der Waals surface area contributed by atoms with E-state index in [-0.39, 0.29) is 11.7 Å². The topological polar surface area (TPSA) is 35.6 Å². The lowest BCUT2D eigenvalue weighted by atomic mass is 10.1. The van der Waals surface area contributed by atoms with Crippen molar-refractivity contribution in [3.63, 3.8) is 0 Å². The minimum absolute atomic E-state index is 0.0229.